The third kappa shape index (κ3) is 4.79. The highest BCUT2D eigenvalue weighted by molar-refractivity contribution is 7.14. The lowest BCUT2D eigenvalue weighted by atomic mass is 9.82. The minimum Gasteiger partial charge on any atom is -0.318 e. The maximum atomic E-state index is 13.2. The number of fused-ring (bicyclic) bond motifs is 3. The number of nitrogens with one attached hydrogen (secondary N) is 2. The van der Waals surface area contributed by atoms with Gasteiger partial charge in [-0.3, -0.25) is 5.32 Å². The van der Waals surface area contributed by atoms with Gasteiger partial charge in [-0.25, -0.2) is 23.5 Å². The van der Waals surface area contributed by atoms with E-state index in [1.807, 2.05) is 30.0 Å². The minimum absolute atomic E-state index is 0.0117. The normalized spacial score (nSPS) is 22.7. The van der Waals surface area contributed by atoms with Crippen molar-refractivity contribution in [3.05, 3.63) is 29.4 Å². The van der Waals surface area contributed by atoms with Gasteiger partial charge in [0, 0.05) is 35.3 Å². The molecular weight excluding hydrogens is 448 g/mol. The Labute approximate surface area is 193 Å². The number of hydrogen-bond acceptors (Lipinski definition) is 7. The molecule has 3 aromatic rings. The molecule has 33 heavy (non-hydrogen) atoms. The summed E-state index contributed by atoms with van der Waals surface area (Å²) in [6.45, 7) is 1.60. The Kier molecular flexibility index (Phi) is 6.15. The number of carbonyl (C=O) groups excluding carboxylic acids is 1. The molecule has 2 amide bonds. The first-order chi connectivity index (χ1) is 16.0. The van der Waals surface area contributed by atoms with Gasteiger partial charge >= 0.3 is 6.03 Å². The number of aromatic nitrogens is 4. The number of alkyl halides is 2. The Balaban J connectivity index is 1.31. The molecule has 3 atom stereocenters. The molecule has 0 saturated carbocycles. The molecule has 2 N–H and O–H groups in total. The Morgan fingerprint density at radius 3 is 2.73 bits per heavy atom. The average molecular weight is 474 g/mol. The number of halogens is 2. The maximum Gasteiger partial charge on any atom is 0.324 e. The largest absolute Gasteiger partial charge is 0.324 e. The molecule has 5 rings (SSSR count). The summed E-state index contributed by atoms with van der Waals surface area (Å²) < 4.78 is 25.2. The van der Waals surface area contributed by atoms with E-state index in [-0.39, 0.29) is 36.6 Å². The van der Waals surface area contributed by atoms with Gasteiger partial charge in [0.05, 0.1) is 12.1 Å². The van der Waals surface area contributed by atoms with Crippen molar-refractivity contribution in [3.8, 4) is 10.6 Å². The molecule has 2 fully saturated rings. The average Bonchev–Trinajstić information content (AvgIpc) is 3.22. The Hall–Kier alpha value is -2.79. The first-order valence-corrected chi connectivity index (χ1v) is 12.0. The van der Waals surface area contributed by atoms with Crippen LogP contribution in [-0.2, 0) is 0 Å². The fraction of sp³-hybridized carbons (Fsp3) is 0.500. The van der Waals surface area contributed by atoms with Gasteiger partial charge in [0.2, 0.25) is 5.95 Å². The van der Waals surface area contributed by atoms with Crippen molar-refractivity contribution >= 4 is 34.2 Å². The Morgan fingerprint density at radius 1 is 1.24 bits per heavy atom. The molecule has 2 aliphatic heterocycles. The fourth-order valence-corrected chi connectivity index (χ4v) is 5.61. The molecular formula is C22H25F2N7OS. The van der Waals surface area contributed by atoms with Crippen molar-refractivity contribution < 1.29 is 13.6 Å². The van der Waals surface area contributed by atoms with Gasteiger partial charge in [-0.1, -0.05) is 23.5 Å². The molecule has 2 aromatic heterocycles. The number of urea groups is 1. The summed E-state index contributed by atoms with van der Waals surface area (Å²) in [4.78, 5) is 23.9. The van der Waals surface area contributed by atoms with Crippen molar-refractivity contribution in [1.29, 1.82) is 0 Å². The smallest absolute Gasteiger partial charge is 0.318 e. The highest BCUT2D eigenvalue weighted by Crippen LogP contribution is 2.34. The van der Waals surface area contributed by atoms with Crippen molar-refractivity contribution in [2.45, 2.75) is 63.6 Å². The zero-order valence-electron chi connectivity index (χ0n) is 18.2. The van der Waals surface area contributed by atoms with Gasteiger partial charge in [0.25, 0.3) is 6.43 Å². The van der Waals surface area contributed by atoms with Crippen LogP contribution < -0.4 is 10.6 Å². The van der Waals surface area contributed by atoms with E-state index in [9.17, 15) is 13.6 Å². The number of benzene rings is 1. The summed E-state index contributed by atoms with van der Waals surface area (Å²) in [5.74, 6) is 0.245. The second-order valence-corrected chi connectivity index (χ2v) is 9.82. The molecule has 1 unspecified atom stereocenters. The summed E-state index contributed by atoms with van der Waals surface area (Å²) in [6, 6.07) is 5.64. The van der Waals surface area contributed by atoms with Crippen LogP contribution in [0.4, 0.5) is 19.5 Å². The van der Waals surface area contributed by atoms with E-state index in [2.05, 4.69) is 30.8 Å². The lowest BCUT2D eigenvalue weighted by Gasteiger charge is -2.48. The third-order valence-electron chi connectivity index (χ3n) is 6.34. The molecule has 174 valence electrons. The number of piperidine rings is 2. The zero-order chi connectivity index (χ0) is 22.9. The quantitative estimate of drug-likeness (QED) is 0.576. The van der Waals surface area contributed by atoms with Crippen LogP contribution in [0.25, 0.3) is 21.5 Å². The number of nitrogens with zero attached hydrogens (tertiary/aromatic N) is 5. The first-order valence-electron chi connectivity index (χ1n) is 11.1. The summed E-state index contributed by atoms with van der Waals surface area (Å²) in [7, 11) is 0. The van der Waals surface area contributed by atoms with Gasteiger partial charge in [-0.2, -0.15) is 0 Å². The van der Waals surface area contributed by atoms with Gasteiger partial charge < -0.3 is 10.2 Å². The standard InChI is InChI=1S/C22H25F2N7OS/c1-12-29-30-20(33-12)13-5-6-14-10-26-21(27-18(14)7-13)28-22(32)31-16-3-2-4-17(31)9-15(8-16)25-11-19(23)24/h5-7,10,15-17,19,25H,2-4,8-9,11H2,1H3,(H,26,27,28,32)/t15?,16-,17+. The van der Waals surface area contributed by atoms with Crippen LogP contribution in [0, 0.1) is 6.92 Å². The number of carbonyl (C=O) groups is 1. The van der Waals surface area contributed by atoms with Crippen LogP contribution in [0.3, 0.4) is 0 Å². The van der Waals surface area contributed by atoms with Gasteiger partial charge in [0.1, 0.15) is 10.0 Å². The third-order valence-corrected chi connectivity index (χ3v) is 7.23. The monoisotopic (exact) mass is 473 g/mol. The second kappa shape index (κ2) is 9.22. The molecule has 11 heteroatoms. The number of hydrogen-bond donors (Lipinski definition) is 2. The SMILES string of the molecule is Cc1nnc(-c2ccc3cnc(NC(=O)N4[C@@H]5CCC[C@H]4CC(NCC(F)F)C5)nc3c2)s1. The van der Waals surface area contributed by atoms with Gasteiger partial charge in [-0.05, 0) is 45.1 Å². The van der Waals surface area contributed by atoms with Crippen LogP contribution in [0.1, 0.15) is 37.1 Å². The van der Waals surface area contributed by atoms with Crippen molar-refractivity contribution in [1.82, 2.24) is 30.4 Å². The summed E-state index contributed by atoms with van der Waals surface area (Å²) in [6.07, 6.45) is 3.47. The first kappa shape index (κ1) is 22.0. The minimum atomic E-state index is -2.37. The van der Waals surface area contributed by atoms with E-state index in [1.165, 1.54) is 11.3 Å². The molecule has 1 aromatic carbocycles. The number of anilines is 1. The topological polar surface area (TPSA) is 95.9 Å². The number of amides is 2. The molecule has 8 nitrogen and oxygen atoms in total. The molecule has 0 spiro atoms. The predicted octanol–water partition coefficient (Wildman–Crippen LogP) is 4.23. The molecule has 2 bridgehead atoms. The zero-order valence-corrected chi connectivity index (χ0v) is 19.0. The lowest BCUT2D eigenvalue weighted by molar-refractivity contribution is 0.0547. The van der Waals surface area contributed by atoms with E-state index >= 15 is 0 Å². The molecule has 4 heterocycles. The summed E-state index contributed by atoms with van der Waals surface area (Å²) in [5, 5.41) is 16.6. The van der Waals surface area contributed by atoms with Crippen LogP contribution in [0.15, 0.2) is 24.4 Å². The summed E-state index contributed by atoms with van der Waals surface area (Å²) >= 11 is 1.51. The van der Waals surface area contributed by atoms with Crippen LogP contribution >= 0.6 is 11.3 Å². The van der Waals surface area contributed by atoms with Crippen LogP contribution in [0.5, 0.6) is 0 Å². The van der Waals surface area contributed by atoms with Crippen molar-refractivity contribution in [2.75, 3.05) is 11.9 Å². The molecule has 0 aliphatic carbocycles. The Morgan fingerprint density at radius 2 is 2.03 bits per heavy atom. The highest BCUT2D eigenvalue weighted by Gasteiger charge is 2.41. The number of rotatable bonds is 5. The number of aryl methyl sites for hydroxylation is 1. The highest BCUT2D eigenvalue weighted by atomic mass is 32.1. The summed E-state index contributed by atoms with van der Waals surface area (Å²) in [5.41, 5.74) is 1.62. The van der Waals surface area contributed by atoms with E-state index in [4.69, 9.17) is 0 Å². The fourth-order valence-electron chi connectivity index (χ4n) is 4.93. The van der Waals surface area contributed by atoms with E-state index in [0.29, 0.717) is 18.4 Å². The van der Waals surface area contributed by atoms with Crippen molar-refractivity contribution in [3.63, 3.8) is 0 Å². The van der Waals surface area contributed by atoms with Crippen LogP contribution in [-0.4, -0.2) is 62.2 Å². The van der Waals surface area contributed by atoms with E-state index < -0.39 is 6.43 Å². The van der Waals surface area contributed by atoms with Crippen LogP contribution in [0.2, 0.25) is 0 Å². The lowest BCUT2D eigenvalue weighted by Crippen LogP contribution is -2.59. The van der Waals surface area contributed by atoms with E-state index in [0.717, 1.165) is 40.2 Å². The van der Waals surface area contributed by atoms with Gasteiger partial charge in [0.15, 0.2) is 0 Å². The predicted molar refractivity (Wildman–Crippen MR) is 122 cm³/mol. The molecule has 0 radical (unpaired) electrons. The van der Waals surface area contributed by atoms with E-state index in [1.54, 1.807) is 6.20 Å². The van der Waals surface area contributed by atoms with Gasteiger partial charge in [-0.15, -0.1) is 10.2 Å². The molecule has 2 saturated heterocycles. The second-order valence-electron chi connectivity index (χ2n) is 8.64. The maximum absolute atomic E-state index is 13.2. The Bertz CT molecular complexity index is 1140. The van der Waals surface area contributed by atoms with Crippen molar-refractivity contribution in [2.24, 2.45) is 0 Å². The molecule has 2 aliphatic rings.